The first-order valence-corrected chi connectivity index (χ1v) is 13.6. The van der Waals surface area contributed by atoms with Crippen molar-refractivity contribution in [3.63, 3.8) is 0 Å². The summed E-state index contributed by atoms with van der Waals surface area (Å²) in [7, 11) is 0. The quantitative estimate of drug-likeness (QED) is 0.301. The molecule has 0 unspecified atom stereocenters. The molecular formula is C31H38F6O4. The lowest BCUT2D eigenvalue weighted by Gasteiger charge is -2.35. The normalized spacial score (nSPS) is 17.3. The van der Waals surface area contributed by atoms with Gasteiger partial charge in [0, 0.05) is 11.3 Å². The third-order valence-electron chi connectivity index (χ3n) is 7.93. The van der Waals surface area contributed by atoms with Gasteiger partial charge in [-0.3, -0.25) is 0 Å². The Hall–Kier alpha value is -2.56. The summed E-state index contributed by atoms with van der Waals surface area (Å²) in [6.07, 6.45) is -10.0. The predicted molar refractivity (Wildman–Crippen MR) is 145 cm³/mol. The van der Waals surface area contributed by atoms with Crippen LogP contribution in [0, 0.1) is 19.8 Å². The summed E-state index contributed by atoms with van der Waals surface area (Å²) in [5, 5.41) is 9.47. The molecule has 228 valence electrons. The molecule has 0 bridgehead atoms. The zero-order valence-electron chi connectivity index (χ0n) is 24.2. The minimum Gasteiger partial charge on any atom is -0.493 e. The number of aryl methyl sites for hydroxylation is 2. The van der Waals surface area contributed by atoms with E-state index < -0.39 is 29.2 Å². The SMILES string of the molecule is CCC(CC)(c1ccc(C=CC(O)(C(F)(F)F)C(F)(F)F)c(C)c1)c1ccc(OCC2COC(C)(C)OC2)c(C)c1. The Morgan fingerprint density at radius 2 is 1.39 bits per heavy atom. The van der Waals surface area contributed by atoms with Gasteiger partial charge in [-0.2, -0.15) is 26.3 Å². The Kier molecular flexibility index (Phi) is 9.62. The first-order chi connectivity index (χ1) is 18.9. The molecule has 0 atom stereocenters. The maximum absolute atomic E-state index is 13.1. The van der Waals surface area contributed by atoms with E-state index in [9.17, 15) is 31.4 Å². The van der Waals surface area contributed by atoms with Gasteiger partial charge in [0.05, 0.1) is 19.8 Å². The van der Waals surface area contributed by atoms with Crippen molar-refractivity contribution in [1.82, 2.24) is 0 Å². The lowest BCUT2D eigenvalue weighted by molar-refractivity contribution is -0.347. The summed E-state index contributed by atoms with van der Waals surface area (Å²) >= 11 is 0. The van der Waals surface area contributed by atoms with Gasteiger partial charge in [0.15, 0.2) is 5.79 Å². The minimum atomic E-state index is -5.92. The lowest BCUT2D eigenvalue weighted by atomic mass is 9.70. The molecule has 0 aliphatic carbocycles. The summed E-state index contributed by atoms with van der Waals surface area (Å²) in [4.78, 5) is 0. The second-order valence-corrected chi connectivity index (χ2v) is 11.1. The monoisotopic (exact) mass is 588 g/mol. The van der Waals surface area contributed by atoms with Crippen LogP contribution in [-0.2, 0) is 14.9 Å². The Balaban J connectivity index is 1.86. The molecule has 0 radical (unpaired) electrons. The number of aliphatic hydroxyl groups is 1. The molecule has 1 N–H and O–H groups in total. The standard InChI is InChI=1S/C31H38F6O4/c1-7-28(8-2,25-11-12-26(21(4)16-25)39-17-22-18-40-27(5,6)41-19-22)24-10-9-23(20(3)15-24)13-14-29(38,30(32,33)34)31(35,36)37/h9-16,22,38H,7-8,17-19H2,1-6H3. The summed E-state index contributed by atoms with van der Waals surface area (Å²) in [5.41, 5.74) is -1.95. The van der Waals surface area contributed by atoms with Crippen LogP contribution in [0.5, 0.6) is 5.75 Å². The van der Waals surface area contributed by atoms with Gasteiger partial charge in [0.2, 0.25) is 0 Å². The third-order valence-corrected chi connectivity index (χ3v) is 7.93. The van der Waals surface area contributed by atoms with E-state index in [0.29, 0.717) is 44.3 Å². The number of hydrogen-bond donors (Lipinski definition) is 1. The summed E-state index contributed by atoms with van der Waals surface area (Å²) in [6.45, 7) is 12.9. The van der Waals surface area contributed by atoms with Crippen molar-refractivity contribution in [3.8, 4) is 5.75 Å². The molecule has 2 aromatic rings. The van der Waals surface area contributed by atoms with Gasteiger partial charge in [-0.05, 0) is 80.5 Å². The molecule has 1 aliphatic heterocycles. The Bertz CT molecular complexity index is 1200. The fraction of sp³-hybridized carbons (Fsp3) is 0.548. The Morgan fingerprint density at radius 1 is 0.878 bits per heavy atom. The van der Waals surface area contributed by atoms with Gasteiger partial charge in [-0.15, -0.1) is 0 Å². The van der Waals surface area contributed by atoms with Crippen molar-refractivity contribution in [1.29, 1.82) is 0 Å². The summed E-state index contributed by atoms with van der Waals surface area (Å²) in [5.74, 6) is 0.240. The highest BCUT2D eigenvalue weighted by Gasteiger charge is 2.69. The van der Waals surface area contributed by atoms with Gasteiger partial charge in [-0.1, -0.05) is 50.3 Å². The molecule has 0 amide bonds. The molecule has 1 aliphatic rings. The van der Waals surface area contributed by atoms with E-state index in [2.05, 4.69) is 6.07 Å². The van der Waals surface area contributed by atoms with E-state index in [-0.39, 0.29) is 17.6 Å². The van der Waals surface area contributed by atoms with Crippen molar-refractivity contribution in [2.45, 2.75) is 83.5 Å². The zero-order chi connectivity index (χ0) is 30.9. The molecule has 0 aromatic heterocycles. The van der Waals surface area contributed by atoms with Crippen molar-refractivity contribution < 1.29 is 45.7 Å². The number of rotatable bonds is 9. The Morgan fingerprint density at radius 3 is 1.85 bits per heavy atom. The first kappa shape index (κ1) is 32.9. The van der Waals surface area contributed by atoms with E-state index >= 15 is 0 Å². The maximum Gasteiger partial charge on any atom is 0.430 e. The number of halogens is 6. The van der Waals surface area contributed by atoms with Crippen LogP contribution >= 0.6 is 0 Å². The van der Waals surface area contributed by atoms with Crippen LogP contribution in [0.4, 0.5) is 26.3 Å². The largest absolute Gasteiger partial charge is 0.493 e. The number of hydrogen-bond acceptors (Lipinski definition) is 4. The van der Waals surface area contributed by atoms with Crippen LogP contribution < -0.4 is 4.74 Å². The number of ether oxygens (including phenoxy) is 3. The van der Waals surface area contributed by atoms with Gasteiger partial charge < -0.3 is 19.3 Å². The van der Waals surface area contributed by atoms with Crippen LogP contribution in [0.2, 0.25) is 0 Å². The van der Waals surface area contributed by atoms with Crippen LogP contribution in [0.15, 0.2) is 42.5 Å². The summed E-state index contributed by atoms with van der Waals surface area (Å²) in [6, 6.07) is 10.9. The molecule has 4 nitrogen and oxygen atoms in total. The second-order valence-electron chi connectivity index (χ2n) is 11.1. The molecule has 3 rings (SSSR count). The number of benzene rings is 2. The molecule has 41 heavy (non-hydrogen) atoms. The van der Waals surface area contributed by atoms with E-state index in [4.69, 9.17) is 14.2 Å². The molecule has 10 heteroatoms. The Labute approximate surface area is 237 Å². The van der Waals surface area contributed by atoms with Crippen molar-refractivity contribution >= 4 is 6.08 Å². The van der Waals surface area contributed by atoms with Gasteiger partial charge >= 0.3 is 12.4 Å². The van der Waals surface area contributed by atoms with Gasteiger partial charge in [0.25, 0.3) is 5.60 Å². The van der Waals surface area contributed by atoms with E-state index in [0.717, 1.165) is 22.4 Å². The average Bonchev–Trinajstić information content (AvgIpc) is 2.88. The number of alkyl halides is 6. The van der Waals surface area contributed by atoms with Crippen molar-refractivity contribution in [3.05, 3.63) is 70.3 Å². The first-order valence-electron chi connectivity index (χ1n) is 13.6. The van der Waals surface area contributed by atoms with Crippen LogP contribution in [0.1, 0.15) is 68.4 Å². The van der Waals surface area contributed by atoms with Crippen LogP contribution in [-0.4, -0.2) is 48.7 Å². The van der Waals surface area contributed by atoms with E-state index in [1.165, 1.54) is 6.07 Å². The van der Waals surface area contributed by atoms with Crippen molar-refractivity contribution in [2.75, 3.05) is 19.8 Å². The topological polar surface area (TPSA) is 47.9 Å². The molecule has 1 fully saturated rings. The van der Waals surface area contributed by atoms with E-state index in [1.807, 2.05) is 46.8 Å². The smallest absolute Gasteiger partial charge is 0.430 e. The van der Waals surface area contributed by atoms with Gasteiger partial charge in [-0.25, -0.2) is 0 Å². The van der Waals surface area contributed by atoms with Crippen molar-refractivity contribution in [2.24, 2.45) is 5.92 Å². The van der Waals surface area contributed by atoms with Crippen LogP contribution in [0.3, 0.4) is 0 Å². The molecule has 1 saturated heterocycles. The minimum absolute atomic E-state index is 0.103. The predicted octanol–water partition coefficient (Wildman–Crippen LogP) is 8.06. The van der Waals surface area contributed by atoms with Crippen LogP contribution in [0.25, 0.3) is 6.08 Å². The molecule has 1 heterocycles. The fourth-order valence-electron chi connectivity index (χ4n) is 5.09. The maximum atomic E-state index is 13.1. The van der Waals surface area contributed by atoms with Gasteiger partial charge in [0.1, 0.15) is 5.75 Å². The molecule has 0 saturated carbocycles. The highest BCUT2D eigenvalue weighted by molar-refractivity contribution is 5.57. The lowest BCUT2D eigenvalue weighted by Crippen LogP contribution is -2.55. The average molecular weight is 589 g/mol. The highest BCUT2D eigenvalue weighted by Crippen LogP contribution is 2.45. The molecular weight excluding hydrogens is 550 g/mol. The third kappa shape index (κ3) is 6.92. The molecule has 0 spiro atoms. The fourth-order valence-corrected chi connectivity index (χ4v) is 5.09. The zero-order valence-corrected chi connectivity index (χ0v) is 24.2. The molecule has 2 aromatic carbocycles. The summed E-state index contributed by atoms with van der Waals surface area (Å²) < 4.78 is 96.0. The highest BCUT2D eigenvalue weighted by atomic mass is 19.4. The second kappa shape index (κ2) is 12.0. The van der Waals surface area contributed by atoms with E-state index in [1.54, 1.807) is 19.1 Å².